The van der Waals surface area contributed by atoms with Gasteiger partial charge in [-0.1, -0.05) is 0 Å². The van der Waals surface area contributed by atoms with Gasteiger partial charge < -0.3 is 16.0 Å². The Bertz CT molecular complexity index is 491. The number of anilines is 1. The first-order valence-electron chi connectivity index (χ1n) is 5.97. The Hall–Kier alpha value is -2.11. The van der Waals surface area contributed by atoms with Crippen LogP contribution in [0.1, 0.15) is 24.2 Å². The first-order valence-corrected chi connectivity index (χ1v) is 5.97. The molecule has 6 heteroatoms. The summed E-state index contributed by atoms with van der Waals surface area (Å²) >= 11 is 0. The van der Waals surface area contributed by atoms with Crippen molar-refractivity contribution in [2.45, 2.75) is 19.9 Å². The van der Waals surface area contributed by atoms with E-state index in [1.165, 1.54) is 17.0 Å². The number of nitrogens with zero attached hydrogens (tertiary/aromatic N) is 1. The molecule has 3 N–H and O–H groups in total. The van der Waals surface area contributed by atoms with Crippen molar-refractivity contribution in [1.29, 1.82) is 0 Å². The van der Waals surface area contributed by atoms with Crippen molar-refractivity contribution in [2.24, 2.45) is 0 Å². The van der Waals surface area contributed by atoms with E-state index >= 15 is 0 Å². The van der Waals surface area contributed by atoms with Crippen LogP contribution in [0.5, 0.6) is 0 Å². The fourth-order valence-corrected chi connectivity index (χ4v) is 1.54. The second-order valence-electron chi connectivity index (χ2n) is 4.29. The Morgan fingerprint density at radius 1 is 1.47 bits per heavy atom. The van der Waals surface area contributed by atoms with E-state index in [9.17, 15) is 14.0 Å². The van der Waals surface area contributed by atoms with Gasteiger partial charge in [0, 0.05) is 19.3 Å². The van der Waals surface area contributed by atoms with Crippen molar-refractivity contribution in [3.63, 3.8) is 0 Å². The lowest BCUT2D eigenvalue weighted by Crippen LogP contribution is -2.45. The largest absolute Gasteiger partial charge is 0.399 e. The number of nitrogens with two attached hydrogens (primary N) is 1. The number of amides is 2. The van der Waals surface area contributed by atoms with Crippen molar-refractivity contribution in [2.75, 3.05) is 19.3 Å². The molecule has 0 aliphatic carbocycles. The molecular weight excluding hydrogens is 249 g/mol. The third kappa shape index (κ3) is 3.67. The lowest BCUT2D eigenvalue weighted by molar-refractivity contribution is -0.131. The molecule has 0 fully saturated rings. The highest BCUT2D eigenvalue weighted by Gasteiger charge is 2.20. The van der Waals surface area contributed by atoms with E-state index < -0.39 is 17.8 Å². The molecule has 5 nitrogen and oxygen atoms in total. The highest BCUT2D eigenvalue weighted by atomic mass is 19.1. The van der Waals surface area contributed by atoms with Gasteiger partial charge in [-0.25, -0.2) is 4.39 Å². The Labute approximate surface area is 111 Å². The van der Waals surface area contributed by atoms with Gasteiger partial charge in [0.15, 0.2) is 0 Å². The summed E-state index contributed by atoms with van der Waals surface area (Å²) in [6, 6.07) is 3.08. The van der Waals surface area contributed by atoms with Crippen LogP contribution in [0.4, 0.5) is 10.1 Å². The van der Waals surface area contributed by atoms with Crippen molar-refractivity contribution in [1.82, 2.24) is 10.2 Å². The highest BCUT2D eigenvalue weighted by molar-refractivity contribution is 5.97. The van der Waals surface area contributed by atoms with Gasteiger partial charge in [0.25, 0.3) is 5.91 Å². The van der Waals surface area contributed by atoms with E-state index in [0.29, 0.717) is 6.54 Å². The second kappa shape index (κ2) is 6.17. The molecule has 1 unspecified atom stereocenters. The molecule has 0 aromatic heterocycles. The molecule has 0 aliphatic heterocycles. The minimum absolute atomic E-state index is 0.131. The molecule has 0 spiro atoms. The van der Waals surface area contributed by atoms with E-state index in [-0.39, 0.29) is 17.2 Å². The molecule has 0 saturated heterocycles. The van der Waals surface area contributed by atoms with Crippen LogP contribution in [0, 0.1) is 5.82 Å². The molecule has 0 saturated carbocycles. The summed E-state index contributed by atoms with van der Waals surface area (Å²) in [5, 5.41) is 2.46. The molecule has 0 aliphatic rings. The van der Waals surface area contributed by atoms with Crippen molar-refractivity contribution in [3.8, 4) is 0 Å². The zero-order valence-corrected chi connectivity index (χ0v) is 11.2. The van der Waals surface area contributed by atoms with Gasteiger partial charge in [0.2, 0.25) is 5.91 Å². The monoisotopic (exact) mass is 267 g/mol. The van der Waals surface area contributed by atoms with Gasteiger partial charge in [-0.05, 0) is 32.0 Å². The van der Waals surface area contributed by atoms with E-state index in [1.807, 2.05) is 6.92 Å². The van der Waals surface area contributed by atoms with Gasteiger partial charge in [0.05, 0.1) is 5.56 Å². The SMILES string of the molecule is CCN(C)C(=O)C(C)NC(=O)c1ccc(N)cc1F. The molecule has 0 radical (unpaired) electrons. The first-order chi connectivity index (χ1) is 8.86. The summed E-state index contributed by atoms with van der Waals surface area (Å²) < 4.78 is 13.5. The average Bonchev–Trinajstić information content (AvgIpc) is 2.36. The molecule has 19 heavy (non-hydrogen) atoms. The lowest BCUT2D eigenvalue weighted by Gasteiger charge is -2.20. The van der Waals surface area contributed by atoms with Gasteiger partial charge in [-0.2, -0.15) is 0 Å². The smallest absolute Gasteiger partial charge is 0.254 e. The van der Waals surface area contributed by atoms with E-state index in [0.717, 1.165) is 6.07 Å². The Balaban J connectivity index is 2.77. The summed E-state index contributed by atoms with van der Waals surface area (Å²) in [4.78, 5) is 25.1. The fourth-order valence-electron chi connectivity index (χ4n) is 1.54. The van der Waals surface area contributed by atoms with Crippen molar-refractivity contribution < 1.29 is 14.0 Å². The fraction of sp³-hybridized carbons (Fsp3) is 0.385. The summed E-state index contributed by atoms with van der Waals surface area (Å²) in [7, 11) is 1.63. The number of benzene rings is 1. The van der Waals surface area contributed by atoms with Crippen LogP contribution >= 0.6 is 0 Å². The molecule has 2 amide bonds. The van der Waals surface area contributed by atoms with Crippen LogP contribution in [-0.2, 0) is 4.79 Å². The molecule has 1 aromatic rings. The zero-order chi connectivity index (χ0) is 14.6. The van der Waals surface area contributed by atoms with E-state index in [4.69, 9.17) is 5.73 Å². The second-order valence-corrected chi connectivity index (χ2v) is 4.29. The number of likely N-dealkylation sites (N-methyl/N-ethyl adjacent to an activating group) is 1. The lowest BCUT2D eigenvalue weighted by atomic mass is 10.1. The van der Waals surface area contributed by atoms with Gasteiger partial charge >= 0.3 is 0 Å². The number of nitrogen functional groups attached to an aromatic ring is 1. The summed E-state index contributed by atoms with van der Waals surface area (Å²) in [5.41, 5.74) is 5.51. The minimum atomic E-state index is -0.714. The summed E-state index contributed by atoms with van der Waals surface area (Å²) in [6.07, 6.45) is 0. The zero-order valence-electron chi connectivity index (χ0n) is 11.2. The topological polar surface area (TPSA) is 75.4 Å². The number of hydrogen-bond acceptors (Lipinski definition) is 3. The number of rotatable bonds is 4. The number of halogens is 1. The van der Waals surface area contributed by atoms with Gasteiger partial charge in [0.1, 0.15) is 11.9 Å². The molecular formula is C13H18FN3O2. The van der Waals surface area contributed by atoms with Crippen molar-refractivity contribution in [3.05, 3.63) is 29.6 Å². The molecule has 1 aromatic carbocycles. The first kappa shape index (κ1) is 14.9. The van der Waals surface area contributed by atoms with Crippen LogP contribution in [0.2, 0.25) is 0 Å². The predicted octanol–water partition coefficient (Wildman–Crippen LogP) is 1.00. The Kier molecular flexibility index (Phi) is 4.86. The number of carbonyl (C=O) groups is 2. The molecule has 0 heterocycles. The summed E-state index contributed by atoms with van der Waals surface area (Å²) in [5.74, 6) is -1.57. The maximum absolute atomic E-state index is 13.5. The maximum atomic E-state index is 13.5. The van der Waals surface area contributed by atoms with Crippen molar-refractivity contribution >= 4 is 17.5 Å². The standard InChI is InChI=1S/C13H18FN3O2/c1-4-17(3)13(19)8(2)16-12(18)10-6-5-9(15)7-11(10)14/h5-8H,4,15H2,1-3H3,(H,16,18). The van der Waals surface area contributed by atoms with E-state index in [2.05, 4.69) is 5.32 Å². The third-order valence-corrected chi connectivity index (χ3v) is 2.81. The quantitative estimate of drug-likeness (QED) is 0.799. The van der Waals surface area contributed by atoms with Crippen LogP contribution in [0.25, 0.3) is 0 Å². The minimum Gasteiger partial charge on any atom is -0.399 e. The molecule has 1 atom stereocenters. The Morgan fingerprint density at radius 3 is 2.63 bits per heavy atom. The van der Waals surface area contributed by atoms with Crippen LogP contribution < -0.4 is 11.1 Å². The highest BCUT2D eigenvalue weighted by Crippen LogP contribution is 2.11. The predicted molar refractivity (Wildman–Crippen MR) is 71.1 cm³/mol. The molecule has 0 bridgehead atoms. The van der Waals surface area contributed by atoms with Gasteiger partial charge in [-0.15, -0.1) is 0 Å². The number of nitrogens with one attached hydrogen (secondary N) is 1. The normalized spacial score (nSPS) is 11.8. The third-order valence-electron chi connectivity index (χ3n) is 2.81. The number of hydrogen-bond donors (Lipinski definition) is 2. The van der Waals surface area contributed by atoms with Crippen LogP contribution in [0.15, 0.2) is 18.2 Å². The average molecular weight is 267 g/mol. The van der Waals surface area contributed by atoms with Gasteiger partial charge in [-0.3, -0.25) is 9.59 Å². The molecule has 1 rings (SSSR count). The maximum Gasteiger partial charge on any atom is 0.254 e. The Morgan fingerprint density at radius 2 is 2.11 bits per heavy atom. The summed E-state index contributed by atoms with van der Waals surface area (Å²) in [6.45, 7) is 3.92. The van der Waals surface area contributed by atoms with Crippen LogP contribution in [0.3, 0.4) is 0 Å². The molecule has 104 valence electrons. The van der Waals surface area contributed by atoms with Crippen LogP contribution in [-0.4, -0.2) is 36.3 Å². The number of carbonyl (C=O) groups excluding carboxylic acids is 2. The van der Waals surface area contributed by atoms with E-state index in [1.54, 1.807) is 14.0 Å².